The molecule has 0 atom stereocenters. The summed E-state index contributed by atoms with van der Waals surface area (Å²) in [5, 5.41) is 10.0. The van der Waals surface area contributed by atoms with Crippen molar-refractivity contribution in [2.75, 3.05) is 23.1 Å². The lowest BCUT2D eigenvalue weighted by Crippen LogP contribution is -2.08. The smallest absolute Gasteiger partial charge is 0.357 e. The van der Waals surface area contributed by atoms with Crippen molar-refractivity contribution in [1.82, 2.24) is 15.0 Å². The second kappa shape index (κ2) is 8.74. The van der Waals surface area contributed by atoms with Crippen LogP contribution < -0.4 is 16.1 Å². The first kappa shape index (κ1) is 20.3. The molecule has 0 aliphatic carbocycles. The Labute approximate surface area is 169 Å². The average molecular weight is 422 g/mol. The Morgan fingerprint density at radius 1 is 0.966 bits per heavy atom. The molecule has 150 valence electrons. The van der Waals surface area contributed by atoms with Crippen LogP contribution in [0.5, 0.6) is 0 Å². The van der Waals surface area contributed by atoms with Crippen LogP contribution in [0.2, 0.25) is 5.02 Å². The van der Waals surface area contributed by atoms with E-state index in [0.717, 1.165) is 12.1 Å². The van der Waals surface area contributed by atoms with Gasteiger partial charge in [-0.1, -0.05) is 35.9 Å². The molecule has 7 nitrogen and oxygen atoms in total. The van der Waals surface area contributed by atoms with Crippen LogP contribution in [-0.2, 0) is 6.18 Å². The number of hydrazone groups is 1. The number of anilines is 4. The molecule has 0 aliphatic heterocycles. The highest BCUT2D eigenvalue weighted by atomic mass is 35.5. The van der Waals surface area contributed by atoms with E-state index < -0.39 is 11.7 Å². The van der Waals surface area contributed by atoms with Crippen LogP contribution in [0, 0.1) is 0 Å². The van der Waals surface area contributed by atoms with Gasteiger partial charge in [0.1, 0.15) is 0 Å². The van der Waals surface area contributed by atoms with E-state index in [2.05, 4.69) is 36.1 Å². The van der Waals surface area contributed by atoms with Crippen molar-refractivity contribution < 1.29 is 13.2 Å². The molecule has 11 heteroatoms. The van der Waals surface area contributed by atoms with Gasteiger partial charge < -0.3 is 10.6 Å². The maximum atomic E-state index is 12.9. The van der Waals surface area contributed by atoms with E-state index >= 15 is 0 Å². The lowest BCUT2D eigenvalue weighted by molar-refractivity contribution is -0.137. The van der Waals surface area contributed by atoms with Crippen molar-refractivity contribution in [2.24, 2.45) is 5.10 Å². The topological polar surface area (TPSA) is 87.1 Å². The Morgan fingerprint density at radius 2 is 1.69 bits per heavy atom. The molecule has 0 saturated carbocycles. The van der Waals surface area contributed by atoms with Crippen molar-refractivity contribution >= 4 is 41.3 Å². The number of aromatic nitrogens is 3. The summed E-state index contributed by atoms with van der Waals surface area (Å²) < 4.78 is 38.6. The molecule has 0 bridgehead atoms. The van der Waals surface area contributed by atoms with Crippen molar-refractivity contribution in [3.8, 4) is 0 Å². The number of hydrogen-bond donors (Lipinski definition) is 3. The van der Waals surface area contributed by atoms with Gasteiger partial charge in [0.25, 0.3) is 0 Å². The molecule has 0 saturated heterocycles. The summed E-state index contributed by atoms with van der Waals surface area (Å²) in [5.74, 6) is 0.325. The number of benzene rings is 2. The van der Waals surface area contributed by atoms with Gasteiger partial charge >= 0.3 is 6.18 Å². The van der Waals surface area contributed by atoms with Crippen LogP contribution in [-0.4, -0.2) is 28.2 Å². The second-order valence-corrected chi connectivity index (χ2v) is 6.06. The highest BCUT2D eigenvalue weighted by molar-refractivity contribution is 6.33. The fraction of sp³-hybridized carbons (Fsp3) is 0.111. The average Bonchev–Trinajstić information content (AvgIpc) is 2.69. The summed E-state index contributed by atoms with van der Waals surface area (Å²) in [5.41, 5.74) is 2.73. The molecular formula is C18H15ClF3N7. The molecule has 0 unspecified atom stereocenters. The summed E-state index contributed by atoms with van der Waals surface area (Å²) in [6, 6.07) is 11.8. The maximum Gasteiger partial charge on any atom is 0.416 e. The Balaban J connectivity index is 1.79. The third-order valence-electron chi connectivity index (χ3n) is 3.58. The molecule has 3 N–H and O–H groups in total. The standard InChI is InChI=1S/C18H15ClF3N7/c1-23-15-26-16(25-13-7-4-6-12(9-13)18(20,21)22)28-17(27-15)29-24-10-11-5-2-3-8-14(11)19/h2-10H,1H3,(H3,23,25,26,27,28,29)/b24-10-. The molecule has 0 amide bonds. The lowest BCUT2D eigenvalue weighted by atomic mass is 10.2. The van der Waals surface area contributed by atoms with Crippen LogP contribution in [0.15, 0.2) is 53.6 Å². The van der Waals surface area contributed by atoms with E-state index in [1.165, 1.54) is 18.3 Å². The van der Waals surface area contributed by atoms with Crippen LogP contribution in [0.25, 0.3) is 0 Å². The molecule has 1 heterocycles. The summed E-state index contributed by atoms with van der Waals surface area (Å²) in [6.07, 6.45) is -2.96. The van der Waals surface area contributed by atoms with Crippen LogP contribution >= 0.6 is 11.6 Å². The van der Waals surface area contributed by atoms with Gasteiger partial charge in [0.05, 0.1) is 11.8 Å². The van der Waals surface area contributed by atoms with Crippen molar-refractivity contribution in [2.45, 2.75) is 6.18 Å². The van der Waals surface area contributed by atoms with E-state index in [1.54, 1.807) is 25.2 Å². The van der Waals surface area contributed by atoms with E-state index in [0.29, 0.717) is 10.6 Å². The molecule has 2 aromatic carbocycles. The van der Waals surface area contributed by atoms with E-state index in [4.69, 9.17) is 11.6 Å². The van der Waals surface area contributed by atoms with Crippen molar-refractivity contribution in [1.29, 1.82) is 0 Å². The second-order valence-electron chi connectivity index (χ2n) is 5.65. The van der Waals surface area contributed by atoms with Gasteiger partial charge in [-0.15, -0.1) is 0 Å². The fourth-order valence-electron chi connectivity index (χ4n) is 2.24. The van der Waals surface area contributed by atoms with Crippen molar-refractivity contribution in [3.05, 3.63) is 64.7 Å². The van der Waals surface area contributed by atoms with Gasteiger partial charge in [-0.05, 0) is 24.3 Å². The minimum atomic E-state index is -4.45. The molecule has 29 heavy (non-hydrogen) atoms. The van der Waals surface area contributed by atoms with Gasteiger partial charge in [-0.2, -0.15) is 33.2 Å². The molecule has 0 aliphatic rings. The molecule has 3 aromatic rings. The number of nitrogens with zero attached hydrogens (tertiary/aromatic N) is 4. The first-order chi connectivity index (χ1) is 13.8. The predicted octanol–water partition coefficient (Wildman–Crippen LogP) is 4.78. The largest absolute Gasteiger partial charge is 0.416 e. The molecule has 0 radical (unpaired) electrons. The zero-order chi connectivity index (χ0) is 20.9. The van der Waals surface area contributed by atoms with Crippen LogP contribution in [0.3, 0.4) is 0 Å². The zero-order valence-corrected chi connectivity index (χ0v) is 15.8. The van der Waals surface area contributed by atoms with Gasteiger partial charge in [-0.25, -0.2) is 5.43 Å². The summed E-state index contributed by atoms with van der Waals surface area (Å²) in [7, 11) is 1.60. The Hall–Kier alpha value is -3.40. The monoisotopic (exact) mass is 421 g/mol. The Kier molecular flexibility index (Phi) is 6.13. The summed E-state index contributed by atoms with van der Waals surface area (Å²) in [6.45, 7) is 0. The minimum absolute atomic E-state index is 0.0409. The Bertz CT molecular complexity index is 1020. The summed E-state index contributed by atoms with van der Waals surface area (Å²) in [4.78, 5) is 12.3. The van der Waals surface area contributed by atoms with Crippen LogP contribution in [0.1, 0.15) is 11.1 Å². The van der Waals surface area contributed by atoms with Gasteiger partial charge in [0.15, 0.2) is 0 Å². The van der Waals surface area contributed by atoms with E-state index in [1.807, 2.05) is 6.07 Å². The molecule has 1 aromatic heterocycles. The zero-order valence-electron chi connectivity index (χ0n) is 15.0. The van der Waals surface area contributed by atoms with Crippen molar-refractivity contribution in [3.63, 3.8) is 0 Å². The first-order valence-electron chi connectivity index (χ1n) is 8.27. The third kappa shape index (κ3) is 5.55. The highest BCUT2D eigenvalue weighted by Gasteiger charge is 2.30. The third-order valence-corrected chi connectivity index (χ3v) is 3.92. The number of nitrogens with one attached hydrogen (secondary N) is 3. The van der Waals surface area contributed by atoms with Gasteiger partial charge in [0.2, 0.25) is 17.8 Å². The fourth-order valence-corrected chi connectivity index (χ4v) is 2.42. The lowest BCUT2D eigenvalue weighted by Gasteiger charge is -2.11. The van der Waals surface area contributed by atoms with Gasteiger partial charge in [0, 0.05) is 23.3 Å². The highest BCUT2D eigenvalue weighted by Crippen LogP contribution is 2.31. The number of alkyl halides is 3. The van der Waals surface area contributed by atoms with E-state index in [-0.39, 0.29) is 23.5 Å². The quantitative estimate of drug-likeness (QED) is 0.392. The number of rotatable bonds is 6. The molecule has 0 spiro atoms. The first-order valence-corrected chi connectivity index (χ1v) is 8.64. The summed E-state index contributed by atoms with van der Waals surface area (Å²) >= 11 is 6.05. The predicted molar refractivity (Wildman–Crippen MR) is 107 cm³/mol. The number of halogens is 4. The minimum Gasteiger partial charge on any atom is -0.357 e. The Morgan fingerprint density at radius 3 is 2.41 bits per heavy atom. The van der Waals surface area contributed by atoms with Gasteiger partial charge in [-0.3, -0.25) is 0 Å². The molecule has 3 rings (SSSR count). The maximum absolute atomic E-state index is 12.9. The SMILES string of the molecule is CNc1nc(N/N=C\c2ccccc2Cl)nc(Nc2cccc(C(F)(F)F)c2)n1. The van der Waals surface area contributed by atoms with E-state index in [9.17, 15) is 13.2 Å². The molecular weight excluding hydrogens is 407 g/mol. The van der Waals surface area contributed by atoms with Crippen LogP contribution in [0.4, 0.5) is 36.7 Å². The number of hydrogen-bond acceptors (Lipinski definition) is 7. The normalized spacial score (nSPS) is 11.5. The molecule has 0 fully saturated rings.